The fourth-order valence-electron chi connectivity index (χ4n) is 2.44. The topological polar surface area (TPSA) is 80.3 Å². The van der Waals surface area contributed by atoms with Gasteiger partial charge in [0.25, 0.3) is 5.91 Å². The average molecular weight is 379 g/mol. The van der Waals surface area contributed by atoms with E-state index in [9.17, 15) is 14.0 Å². The van der Waals surface area contributed by atoms with Gasteiger partial charge in [0.1, 0.15) is 11.6 Å². The van der Waals surface area contributed by atoms with Gasteiger partial charge in [-0.2, -0.15) is 0 Å². The van der Waals surface area contributed by atoms with E-state index in [2.05, 4.69) is 20.4 Å². The number of carbonyl (C=O) groups is 2. The van der Waals surface area contributed by atoms with Crippen LogP contribution in [-0.4, -0.2) is 24.0 Å². The molecule has 1 amide bonds. The largest absolute Gasteiger partial charge is 0.465 e. The molecule has 7 heteroatoms. The molecule has 0 bridgehead atoms. The number of anilines is 2. The highest BCUT2D eigenvalue weighted by Gasteiger charge is 2.09. The summed E-state index contributed by atoms with van der Waals surface area (Å²) >= 11 is 0. The Balaban J connectivity index is 1.57. The fraction of sp³-hybridized carbons (Fsp3) is 0.0952. The summed E-state index contributed by atoms with van der Waals surface area (Å²) in [6.45, 7) is 0.491. The number of pyridine rings is 1. The van der Waals surface area contributed by atoms with E-state index in [4.69, 9.17) is 0 Å². The number of ether oxygens (including phenoxy) is 1. The van der Waals surface area contributed by atoms with Crippen LogP contribution in [0.15, 0.2) is 66.9 Å². The molecule has 3 rings (SSSR count). The van der Waals surface area contributed by atoms with Gasteiger partial charge in [0, 0.05) is 18.4 Å². The Bertz CT molecular complexity index is 956. The van der Waals surface area contributed by atoms with Gasteiger partial charge in [0.15, 0.2) is 0 Å². The predicted molar refractivity (Wildman–Crippen MR) is 104 cm³/mol. The van der Waals surface area contributed by atoms with Crippen molar-refractivity contribution in [2.45, 2.75) is 6.54 Å². The molecule has 1 heterocycles. The number of halogens is 1. The molecule has 1 aromatic heterocycles. The molecule has 2 aromatic carbocycles. The summed E-state index contributed by atoms with van der Waals surface area (Å²) in [4.78, 5) is 27.9. The molecule has 0 aliphatic carbocycles. The summed E-state index contributed by atoms with van der Waals surface area (Å²) in [5.74, 6) is -0.435. The van der Waals surface area contributed by atoms with Crippen molar-refractivity contribution in [2.75, 3.05) is 17.7 Å². The number of nitrogens with one attached hydrogen (secondary N) is 2. The highest BCUT2D eigenvalue weighted by atomic mass is 19.1. The predicted octanol–water partition coefficient (Wildman–Crippen LogP) is 3.87. The first-order chi connectivity index (χ1) is 13.5. The zero-order valence-corrected chi connectivity index (χ0v) is 15.1. The molecule has 0 atom stereocenters. The van der Waals surface area contributed by atoms with Crippen LogP contribution in [0.4, 0.5) is 15.9 Å². The molecule has 0 spiro atoms. The second-order valence-corrected chi connectivity index (χ2v) is 5.94. The van der Waals surface area contributed by atoms with Gasteiger partial charge in [-0.3, -0.25) is 4.79 Å². The van der Waals surface area contributed by atoms with Crippen molar-refractivity contribution < 1.29 is 18.7 Å². The SMILES string of the molecule is COC(=O)c1ccc(NC(=O)c2ccc(NCc3ccc(F)cc3)nc2)cc1. The van der Waals surface area contributed by atoms with E-state index in [1.54, 1.807) is 48.5 Å². The summed E-state index contributed by atoms with van der Waals surface area (Å²) in [6.07, 6.45) is 1.46. The van der Waals surface area contributed by atoms with Crippen LogP contribution in [-0.2, 0) is 11.3 Å². The lowest BCUT2D eigenvalue weighted by molar-refractivity contribution is 0.0600. The lowest BCUT2D eigenvalue weighted by Gasteiger charge is -2.08. The lowest BCUT2D eigenvalue weighted by Crippen LogP contribution is -2.13. The Morgan fingerprint density at radius 2 is 1.64 bits per heavy atom. The Kier molecular flexibility index (Phi) is 5.96. The van der Waals surface area contributed by atoms with Gasteiger partial charge in [0.2, 0.25) is 0 Å². The van der Waals surface area contributed by atoms with E-state index >= 15 is 0 Å². The zero-order valence-electron chi connectivity index (χ0n) is 15.1. The standard InChI is InChI=1S/C21H18FN3O3/c1-28-21(27)15-4-9-18(10-5-15)25-20(26)16-6-11-19(24-13-16)23-12-14-2-7-17(22)8-3-14/h2-11,13H,12H2,1H3,(H,23,24)(H,25,26). The van der Waals surface area contributed by atoms with Crippen LogP contribution in [0, 0.1) is 5.82 Å². The molecule has 28 heavy (non-hydrogen) atoms. The third-order valence-electron chi connectivity index (χ3n) is 3.98. The van der Waals surface area contributed by atoms with Crippen LogP contribution in [0.2, 0.25) is 0 Å². The van der Waals surface area contributed by atoms with Crippen molar-refractivity contribution >= 4 is 23.4 Å². The Labute approximate surface area is 161 Å². The second-order valence-electron chi connectivity index (χ2n) is 5.94. The summed E-state index contributed by atoms with van der Waals surface area (Å²) in [5, 5.41) is 5.85. The number of rotatable bonds is 6. The average Bonchev–Trinajstić information content (AvgIpc) is 2.73. The monoisotopic (exact) mass is 379 g/mol. The molecule has 142 valence electrons. The van der Waals surface area contributed by atoms with Gasteiger partial charge in [0.05, 0.1) is 18.2 Å². The third kappa shape index (κ3) is 4.91. The number of nitrogens with zero attached hydrogens (tertiary/aromatic N) is 1. The van der Waals surface area contributed by atoms with Gasteiger partial charge < -0.3 is 15.4 Å². The van der Waals surface area contributed by atoms with Gasteiger partial charge in [-0.15, -0.1) is 0 Å². The molecular formula is C21H18FN3O3. The van der Waals surface area contributed by atoms with Crippen molar-refractivity contribution in [1.82, 2.24) is 4.98 Å². The summed E-state index contributed by atoms with van der Waals surface area (Å²) in [6, 6.07) is 15.9. The van der Waals surface area contributed by atoms with Gasteiger partial charge in [-0.1, -0.05) is 12.1 Å². The van der Waals surface area contributed by atoms with E-state index in [1.165, 1.54) is 25.4 Å². The number of hydrogen-bond donors (Lipinski definition) is 2. The van der Waals surface area contributed by atoms with Crippen LogP contribution in [0.1, 0.15) is 26.3 Å². The first-order valence-corrected chi connectivity index (χ1v) is 8.49. The van der Waals surface area contributed by atoms with Crippen molar-refractivity contribution in [1.29, 1.82) is 0 Å². The van der Waals surface area contributed by atoms with Crippen molar-refractivity contribution in [3.63, 3.8) is 0 Å². The number of benzene rings is 2. The van der Waals surface area contributed by atoms with E-state index in [0.717, 1.165) is 5.56 Å². The van der Waals surface area contributed by atoms with Gasteiger partial charge in [-0.25, -0.2) is 14.2 Å². The van der Waals surface area contributed by atoms with Crippen LogP contribution < -0.4 is 10.6 Å². The maximum Gasteiger partial charge on any atom is 0.337 e. The molecule has 0 radical (unpaired) electrons. The smallest absolute Gasteiger partial charge is 0.337 e. The normalized spacial score (nSPS) is 10.2. The van der Waals surface area contributed by atoms with Gasteiger partial charge in [-0.05, 0) is 54.1 Å². The molecule has 0 unspecified atom stereocenters. The van der Waals surface area contributed by atoms with E-state index in [1.807, 2.05) is 0 Å². The molecule has 6 nitrogen and oxygen atoms in total. The minimum Gasteiger partial charge on any atom is -0.465 e. The van der Waals surface area contributed by atoms with E-state index in [0.29, 0.717) is 29.2 Å². The van der Waals surface area contributed by atoms with Gasteiger partial charge >= 0.3 is 5.97 Å². The highest BCUT2D eigenvalue weighted by molar-refractivity contribution is 6.04. The fourth-order valence-corrected chi connectivity index (χ4v) is 2.44. The molecule has 3 aromatic rings. The summed E-state index contributed by atoms with van der Waals surface area (Å²) in [7, 11) is 1.31. The number of amides is 1. The van der Waals surface area contributed by atoms with Crippen LogP contribution in [0.3, 0.4) is 0 Å². The van der Waals surface area contributed by atoms with E-state index < -0.39 is 5.97 Å². The molecule has 0 saturated heterocycles. The minimum absolute atomic E-state index is 0.280. The molecule has 0 aliphatic rings. The number of carbonyl (C=O) groups excluding carboxylic acids is 2. The lowest BCUT2D eigenvalue weighted by atomic mass is 10.2. The van der Waals surface area contributed by atoms with Crippen molar-refractivity contribution in [3.05, 3.63) is 89.4 Å². The first-order valence-electron chi connectivity index (χ1n) is 8.49. The summed E-state index contributed by atoms with van der Waals surface area (Å²) in [5.41, 5.74) is 2.26. The molecule has 0 saturated carbocycles. The highest BCUT2D eigenvalue weighted by Crippen LogP contribution is 2.13. The minimum atomic E-state index is -0.439. The van der Waals surface area contributed by atoms with Crippen LogP contribution in [0.25, 0.3) is 0 Å². The van der Waals surface area contributed by atoms with Crippen LogP contribution >= 0.6 is 0 Å². The van der Waals surface area contributed by atoms with Crippen molar-refractivity contribution in [3.8, 4) is 0 Å². The Morgan fingerprint density at radius 1 is 0.964 bits per heavy atom. The molecule has 2 N–H and O–H groups in total. The quantitative estimate of drug-likeness (QED) is 0.636. The maximum atomic E-state index is 12.9. The number of methoxy groups -OCH3 is 1. The molecule has 0 fully saturated rings. The first kappa shape index (κ1) is 19.0. The molecular weight excluding hydrogens is 361 g/mol. The van der Waals surface area contributed by atoms with E-state index in [-0.39, 0.29) is 11.7 Å². The number of aromatic nitrogens is 1. The van der Waals surface area contributed by atoms with Crippen molar-refractivity contribution in [2.24, 2.45) is 0 Å². The summed E-state index contributed by atoms with van der Waals surface area (Å²) < 4.78 is 17.5. The van der Waals surface area contributed by atoms with Crippen LogP contribution in [0.5, 0.6) is 0 Å². The molecule has 0 aliphatic heterocycles. The zero-order chi connectivity index (χ0) is 19.9. The third-order valence-corrected chi connectivity index (χ3v) is 3.98. The Morgan fingerprint density at radius 3 is 2.25 bits per heavy atom. The number of esters is 1. The number of hydrogen-bond acceptors (Lipinski definition) is 5. The Hall–Kier alpha value is -3.74. The maximum absolute atomic E-state index is 12.9. The second kappa shape index (κ2) is 8.77.